The molecule has 0 aliphatic carbocycles. The van der Waals surface area contributed by atoms with Gasteiger partial charge in [-0.25, -0.2) is 0 Å². The zero-order valence-electron chi connectivity index (χ0n) is 13.3. The van der Waals surface area contributed by atoms with E-state index in [4.69, 9.17) is 24.1 Å². The van der Waals surface area contributed by atoms with Crippen molar-refractivity contribution in [1.82, 2.24) is 0 Å². The second kappa shape index (κ2) is 7.40. The van der Waals surface area contributed by atoms with E-state index in [1.165, 1.54) is 0 Å². The van der Waals surface area contributed by atoms with Crippen LogP contribution in [0.1, 0.15) is 12.5 Å². The lowest BCUT2D eigenvalue weighted by atomic mass is 10.0. The Bertz CT molecular complexity index is 674. The lowest BCUT2D eigenvalue weighted by Gasteiger charge is -2.15. The maximum atomic E-state index is 10.1. The van der Waals surface area contributed by atoms with Gasteiger partial charge in [0.25, 0.3) is 5.97 Å². The number of phenols is 1. The highest BCUT2D eigenvalue weighted by atomic mass is 16.5. The maximum Gasteiger partial charge on any atom is 0.300 e. The van der Waals surface area contributed by atoms with Crippen LogP contribution in [0.3, 0.4) is 0 Å². The Balaban J connectivity index is 0.000000541. The zero-order valence-corrected chi connectivity index (χ0v) is 13.3. The average molecular weight is 308 g/mol. The number of fused-ring (bicyclic) bond motifs is 1. The topological polar surface area (TPSA) is 85.2 Å². The standard InChI is InChI=1S/C14H16O4.C2H4O2/c1-8-5-9-13(10(15)6-8)11(16-2)7-12(17-3)14(9)18-4;1-2(3)4/h5-7,15H,1-4H3;1H3,(H,3,4). The van der Waals surface area contributed by atoms with Crippen LogP contribution in [0.15, 0.2) is 18.2 Å². The first-order valence-corrected chi connectivity index (χ1v) is 6.47. The molecule has 2 N–H and O–H groups in total. The van der Waals surface area contributed by atoms with E-state index in [2.05, 4.69) is 0 Å². The van der Waals surface area contributed by atoms with Gasteiger partial charge in [0.2, 0.25) is 0 Å². The van der Waals surface area contributed by atoms with Crippen molar-refractivity contribution in [2.75, 3.05) is 21.3 Å². The predicted octanol–water partition coefficient (Wildman–Crippen LogP) is 2.97. The third kappa shape index (κ3) is 3.72. The molecule has 6 heteroatoms. The number of aryl methyl sites for hydroxylation is 1. The molecular weight excluding hydrogens is 288 g/mol. The van der Waals surface area contributed by atoms with Gasteiger partial charge in [0.15, 0.2) is 11.5 Å². The number of carboxylic acids is 1. The number of benzene rings is 2. The highest BCUT2D eigenvalue weighted by molar-refractivity contribution is 6.00. The third-order valence-electron chi connectivity index (χ3n) is 2.88. The van der Waals surface area contributed by atoms with Crippen LogP contribution in [0.25, 0.3) is 10.8 Å². The van der Waals surface area contributed by atoms with Gasteiger partial charge in [-0.1, -0.05) is 0 Å². The van der Waals surface area contributed by atoms with Gasteiger partial charge in [-0.05, 0) is 24.6 Å². The molecule has 0 heterocycles. The number of carboxylic acid groups (broad SMARTS) is 1. The first-order chi connectivity index (χ1) is 10.3. The summed E-state index contributed by atoms with van der Waals surface area (Å²) in [5, 5.41) is 18.9. The summed E-state index contributed by atoms with van der Waals surface area (Å²) in [6, 6.07) is 5.33. The van der Waals surface area contributed by atoms with E-state index in [0.717, 1.165) is 17.9 Å². The molecule has 0 aliphatic rings. The molecule has 120 valence electrons. The van der Waals surface area contributed by atoms with Gasteiger partial charge in [-0.2, -0.15) is 0 Å². The fourth-order valence-electron chi connectivity index (χ4n) is 2.12. The fraction of sp³-hybridized carbons (Fsp3) is 0.312. The molecule has 0 bridgehead atoms. The molecule has 0 aromatic heterocycles. The van der Waals surface area contributed by atoms with Crippen molar-refractivity contribution in [3.63, 3.8) is 0 Å². The van der Waals surface area contributed by atoms with Crippen molar-refractivity contribution < 1.29 is 29.2 Å². The summed E-state index contributed by atoms with van der Waals surface area (Å²) in [7, 11) is 4.70. The lowest BCUT2D eigenvalue weighted by Crippen LogP contribution is -1.95. The first kappa shape index (κ1) is 17.4. The quantitative estimate of drug-likeness (QED) is 0.906. The van der Waals surface area contributed by atoms with Crippen LogP contribution in [0.4, 0.5) is 0 Å². The Morgan fingerprint density at radius 3 is 2.00 bits per heavy atom. The molecule has 0 unspecified atom stereocenters. The molecule has 0 radical (unpaired) electrons. The lowest BCUT2D eigenvalue weighted by molar-refractivity contribution is -0.134. The van der Waals surface area contributed by atoms with Crippen LogP contribution >= 0.6 is 0 Å². The van der Waals surface area contributed by atoms with E-state index in [0.29, 0.717) is 22.6 Å². The number of rotatable bonds is 3. The fourth-order valence-corrected chi connectivity index (χ4v) is 2.12. The van der Waals surface area contributed by atoms with Gasteiger partial charge in [-0.15, -0.1) is 0 Å². The Morgan fingerprint density at radius 2 is 1.55 bits per heavy atom. The molecule has 6 nitrogen and oxygen atoms in total. The second-order valence-electron chi connectivity index (χ2n) is 4.54. The summed E-state index contributed by atoms with van der Waals surface area (Å²) in [6.45, 7) is 2.99. The van der Waals surface area contributed by atoms with Crippen LogP contribution < -0.4 is 14.2 Å². The highest BCUT2D eigenvalue weighted by Gasteiger charge is 2.17. The molecule has 0 aliphatic heterocycles. The van der Waals surface area contributed by atoms with Gasteiger partial charge >= 0.3 is 0 Å². The van der Waals surface area contributed by atoms with E-state index in [-0.39, 0.29) is 5.75 Å². The highest BCUT2D eigenvalue weighted by Crippen LogP contribution is 2.45. The Hall–Kier alpha value is -2.63. The first-order valence-electron chi connectivity index (χ1n) is 6.47. The molecule has 0 saturated heterocycles. The number of carbonyl (C=O) groups is 1. The summed E-state index contributed by atoms with van der Waals surface area (Å²) in [5.74, 6) is 1.06. The summed E-state index contributed by atoms with van der Waals surface area (Å²) in [4.78, 5) is 9.00. The summed E-state index contributed by atoms with van der Waals surface area (Å²) >= 11 is 0. The molecule has 0 atom stereocenters. The van der Waals surface area contributed by atoms with Crippen LogP contribution in [0.5, 0.6) is 23.0 Å². The van der Waals surface area contributed by atoms with E-state index < -0.39 is 5.97 Å². The Labute approximate surface area is 128 Å². The maximum absolute atomic E-state index is 10.1. The molecular formula is C16H20O6. The monoisotopic (exact) mass is 308 g/mol. The number of methoxy groups -OCH3 is 3. The van der Waals surface area contributed by atoms with Crippen molar-refractivity contribution in [1.29, 1.82) is 0 Å². The van der Waals surface area contributed by atoms with Crippen molar-refractivity contribution in [2.24, 2.45) is 0 Å². The molecule has 2 aromatic carbocycles. The van der Waals surface area contributed by atoms with Gasteiger partial charge in [0.05, 0.1) is 26.7 Å². The van der Waals surface area contributed by atoms with E-state index in [1.807, 2.05) is 13.0 Å². The smallest absolute Gasteiger partial charge is 0.300 e. The average Bonchev–Trinajstić information content (AvgIpc) is 2.44. The Kier molecular flexibility index (Phi) is 5.86. The van der Waals surface area contributed by atoms with Gasteiger partial charge < -0.3 is 24.4 Å². The summed E-state index contributed by atoms with van der Waals surface area (Å²) in [6.07, 6.45) is 0. The van der Waals surface area contributed by atoms with Crippen LogP contribution in [-0.4, -0.2) is 37.5 Å². The predicted molar refractivity (Wildman–Crippen MR) is 83.3 cm³/mol. The molecule has 22 heavy (non-hydrogen) atoms. The zero-order chi connectivity index (χ0) is 16.9. The molecule has 0 spiro atoms. The van der Waals surface area contributed by atoms with Crippen molar-refractivity contribution in [2.45, 2.75) is 13.8 Å². The normalized spacial score (nSPS) is 9.68. The minimum atomic E-state index is -0.833. The van der Waals surface area contributed by atoms with Crippen LogP contribution in [0, 0.1) is 6.92 Å². The SMILES string of the molecule is CC(=O)O.COc1cc(OC)c2c(O)cc(C)cc2c1OC. The number of ether oxygens (including phenoxy) is 3. The van der Waals surface area contributed by atoms with Gasteiger partial charge in [0.1, 0.15) is 11.5 Å². The van der Waals surface area contributed by atoms with Gasteiger partial charge in [0, 0.05) is 18.4 Å². The van der Waals surface area contributed by atoms with Crippen LogP contribution in [-0.2, 0) is 4.79 Å². The third-order valence-corrected chi connectivity index (χ3v) is 2.88. The van der Waals surface area contributed by atoms with Crippen molar-refractivity contribution in [3.05, 3.63) is 23.8 Å². The van der Waals surface area contributed by atoms with Crippen molar-refractivity contribution in [3.8, 4) is 23.0 Å². The second-order valence-corrected chi connectivity index (χ2v) is 4.54. The molecule has 2 rings (SSSR count). The molecule has 0 fully saturated rings. The number of aliphatic carboxylic acids is 1. The number of phenolic OH excluding ortho intramolecular Hbond substituents is 1. The number of aromatic hydroxyl groups is 1. The molecule has 2 aromatic rings. The van der Waals surface area contributed by atoms with E-state index >= 15 is 0 Å². The molecule has 0 amide bonds. The minimum Gasteiger partial charge on any atom is -0.507 e. The van der Waals surface area contributed by atoms with E-state index in [1.54, 1.807) is 33.5 Å². The molecule has 0 saturated carbocycles. The van der Waals surface area contributed by atoms with Crippen molar-refractivity contribution >= 4 is 16.7 Å². The van der Waals surface area contributed by atoms with Crippen LogP contribution in [0.2, 0.25) is 0 Å². The summed E-state index contributed by atoms with van der Waals surface area (Å²) in [5.41, 5.74) is 0.939. The summed E-state index contributed by atoms with van der Waals surface area (Å²) < 4.78 is 15.9. The van der Waals surface area contributed by atoms with Gasteiger partial charge in [-0.3, -0.25) is 4.79 Å². The largest absolute Gasteiger partial charge is 0.507 e. The number of hydrogen-bond donors (Lipinski definition) is 2. The minimum absolute atomic E-state index is 0.169. The van der Waals surface area contributed by atoms with E-state index in [9.17, 15) is 5.11 Å². The number of hydrogen-bond acceptors (Lipinski definition) is 5. The Morgan fingerprint density at radius 1 is 1.00 bits per heavy atom.